The summed E-state index contributed by atoms with van der Waals surface area (Å²) in [6.45, 7) is 0. The Morgan fingerprint density at radius 1 is 1.15 bits per heavy atom. The molecule has 0 spiro atoms. The normalized spacial score (nSPS) is 29.6. The van der Waals surface area contributed by atoms with Gasteiger partial charge in [0.15, 0.2) is 0 Å². The molecule has 3 aliphatic carbocycles. The van der Waals surface area contributed by atoms with Crippen LogP contribution in [0, 0.1) is 17.3 Å². The minimum absolute atomic E-state index is 0.123. The number of ether oxygens (including phenoxy) is 1. The molecule has 144 valence electrons. The fourth-order valence-corrected chi connectivity index (χ4v) is 5.51. The fourth-order valence-electron chi connectivity index (χ4n) is 5.30. The number of benzene rings is 1. The summed E-state index contributed by atoms with van der Waals surface area (Å²) < 4.78 is 6.30. The minimum atomic E-state index is -0.123. The van der Waals surface area contributed by atoms with Crippen molar-refractivity contribution in [3.05, 3.63) is 39.8 Å². The van der Waals surface area contributed by atoms with Crippen molar-refractivity contribution in [1.82, 2.24) is 4.98 Å². The third-order valence-corrected chi connectivity index (χ3v) is 7.46. The molecule has 0 aliphatic heterocycles. The van der Waals surface area contributed by atoms with Crippen LogP contribution in [0.2, 0.25) is 5.02 Å². The number of rotatable bonds is 5. The van der Waals surface area contributed by atoms with Gasteiger partial charge in [0, 0.05) is 17.6 Å². The third kappa shape index (κ3) is 3.17. The van der Waals surface area contributed by atoms with Crippen molar-refractivity contribution in [2.75, 3.05) is 0 Å². The van der Waals surface area contributed by atoms with E-state index >= 15 is 0 Å². The summed E-state index contributed by atoms with van der Waals surface area (Å²) in [5.74, 6) is 2.28. The van der Waals surface area contributed by atoms with Gasteiger partial charge in [0.1, 0.15) is 5.75 Å². The molecule has 27 heavy (non-hydrogen) atoms. The van der Waals surface area contributed by atoms with Gasteiger partial charge in [-0.05, 0) is 92.2 Å². The molecule has 0 saturated heterocycles. The second kappa shape index (κ2) is 6.52. The minimum Gasteiger partial charge on any atom is -0.489 e. The molecule has 1 aromatic carbocycles. The lowest BCUT2D eigenvalue weighted by Crippen LogP contribution is -2.48. The Hall–Kier alpha value is -1.52. The Kier molecular flexibility index (Phi) is 4.25. The molecule has 0 amide bonds. The van der Waals surface area contributed by atoms with E-state index in [9.17, 15) is 4.79 Å². The van der Waals surface area contributed by atoms with Gasteiger partial charge in [-0.25, -0.2) is 0 Å². The standard InChI is InChI=1S/C22H27ClN2O2/c23-18-12-17-14(7-10-25-21(17)26)11-19(18)27-16-5-8-22(9-6-16,15-3-4-15)20(24)13-1-2-13/h7,10-13,15-16,20H,1-6,8-9,24H2,(H,25,26)/t16-,20-,22-/m0/s1. The maximum atomic E-state index is 11.9. The molecule has 1 heterocycles. The largest absolute Gasteiger partial charge is 0.489 e. The Morgan fingerprint density at radius 3 is 2.56 bits per heavy atom. The van der Waals surface area contributed by atoms with Gasteiger partial charge in [-0.3, -0.25) is 4.79 Å². The first kappa shape index (κ1) is 17.6. The van der Waals surface area contributed by atoms with Crippen LogP contribution in [0.5, 0.6) is 5.75 Å². The summed E-state index contributed by atoms with van der Waals surface area (Å²) in [6, 6.07) is 5.87. The molecule has 1 aromatic heterocycles. The van der Waals surface area contributed by atoms with E-state index in [0.29, 0.717) is 27.6 Å². The van der Waals surface area contributed by atoms with Gasteiger partial charge in [0.2, 0.25) is 0 Å². The Bertz CT molecular complexity index is 908. The zero-order valence-corrected chi connectivity index (χ0v) is 16.3. The van der Waals surface area contributed by atoms with Crippen molar-refractivity contribution in [3.63, 3.8) is 0 Å². The van der Waals surface area contributed by atoms with E-state index in [1.54, 1.807) is 12.3 Å². The second-order valence-electron chi connectivity index (χ2n) is 8.86. The molecule has 3 fully saturated rings. The molecule has 5 rings (SSSR count). The van der Waals surface area contributed by atoms with E-state index in [-0.39, 0.29) is 11.7 Å². The molecule has 5 heteroatoms. The number of fused-ring (bicyclic) bond motifs is 1. The SMILES string of the molecule is N[C@@H](C1CC1)[C@]1(C2CC2)CC[C@@H](Oc2cc3cc[nH]c(=O)c3cc2Cl)CC1. The van der Waals surface area contributed by atoms with Crippen molar-refractivity contribution in [3.8, 4) is 5.75 Å². The molecule has 0 bridgehead atoms. The van der Waals surface area contributed by atoms with Crippen molar-refractivity contribution < 1.29 is 4.74 Å². The number of nitrogens with one attached hydrogen (secondary N) is 1. The van der Waals surface area contributed by atoms with Crippen LogP contribution in [0.3, 0.4) is 0 Å². The zero-order valence-electron chi connectivity index (χ0n) is 15.5. The first-order chi connectivity index (χ1) is 13.1. The molecule has 4 nitrogen and oxygen atoms in total. The third-order valence-electron chi connectivity index (χ3n) is 7.17. The summed E-state index contributed by atoms with van der Waals surface area (Å²) in [5, 5.41) is 1.96. The first-order valence-corrected chi connectivity index (χ1v) is 10.7. The lowest BCUT2D eigenvalue weighted by Gasteiger charge is -2.45. The monoisotopic (exact) mass is 386 g/mol. The van der Waals surface area contributed by atoms with Gasteiger partial charge in [0.25, 0.3) is 5.56 Å². The molecule has 2 aromatic rings. The van der Waals surface area contributed by atoms with Crippen LogP contribution < -0.4 is 16.0 Å². The van der Waals surface area contributed by atoms with Gasteiger partial charge in [-0.2, -0.15) is 0 Å². The number of pyridine rings is 1. The number of aromatic amines is 1. The van der Waals surface area contributed by atoms with E-state index in [2.05, 4.69) is 4.98 Å². The lowest BCUT2D eigenvalue weighted by molar-refractivity contribution is 0.0388. The predicted molar refractivity (Wildman–Crippen MR) is 108 cm³/mol. The highest BCUT2D eigenvalue weighted by molar-refractivity contribution is 6.32. The van der Waals surface area contributed by atoms with Crippen LogP contribution in [-0.2, 0) is 0 Å². The molecular formula is C22H27ClN2O2. The Labute approximate surface area is 164 Å². The van der Waals surface area contributed by atoms with Gasteiger partial charge >= 0.3 is 0 Å². The fraction of sp³-hybridized carbons (Fsp3) is 0.591. The predicted octanol–water partition coefficient (Wildman–Crippen LogP) is 4.64. The van der Waals surface area contributed by atoms with E-state index < -0.39 is 0 Å². The number of H-pyrrole nitrogens is 1. The number of aromatic nitrogens is 1. The smallest absolute Gasteiger partial charge is 0.255 e. The van der Waals surface area contributed by atoms with Crippen LogP contribution in [0.1, 0.15) is 51.4 Å². The van der Waals surface area contributed by atoms with Crippen molar-refractivity contribution >= 4 is 22.4 Å². The summed E-state index contributed by atoms with van der Waals surface area (Å²) in [6.07, 6.45) is 11.6. The highest BCUT2D eigenvalue weighted by atomic mass is 35.5. The van der Waals surface area contributed by atoms with Crippen LogP contribution in [0.15, 0.2) is 29.2 Å². The number of hydrogen-bond acceptors (Lipinski definition) is 3. The molecule has 3 N–H and O–H groups in total. The molecular weight excluding hydrogens is 360 g/mol. The lowest BCUT2D eigenvalue weighted by atomic mass is 9.64. The molecule has 1 atom stereocenters. The quantitative estimate of drug-likeness (QED) is 0.786. The van der Waals surface area contributed by atoms with Gasteiger partial charge in [-0.1, -0.05) is 11.6 Å². The van der Waals surface area contributed by atoms with Gasteiger partial charge in [0.05, 0.1) is 11.1 Å². The zero-order chi connectivity index (χ0) is 18.6. The summed E-state index contributed by atoms with van der Waals surface area (Å²) in [5.41, 5.74) is 6.96. The Morgan fingerprint density at radius 2 is 1.89 bits per heavy atom. The second-order valence-corrected chi connectivity index (χ2v) is 9.27. The average molecular weight is 387 g/mol. The van der Waals surface area contributed by atoms with E-state index in [0.717, 1.165) is 30.1 Å². The number of hydrogen-bond donors (Lipinski definition) is 2. The molecule has 0 radical (unpaired) electrons. The van der Waals surface area contributed by atoms with Gasteiger partial charge < -0.3 is 15.5 Å². The molecule has 0 unspecified atom stereocenters. The highest BCUT2D eigenvalue weighted by Crippen LogP contribution is 2.58. The van der Waals surface area contributed by atoms with Crippen molar-refractivity contribution in [2.24, 2.45) is 23.0 Å². The van der Waals surface area contributed by atoms with Crippen molar-refractivity contribution in [1.29, 1.82) is 0 Å². The number of nitrogens with two attached hydrogens (primary N) is 1. The average Bonchev–Trinajstić information content (AvgIpc) is 3.56. The van der Waals surface area contributed by atoms with Crippen LogP contribution >= 0.6 is 11.6 Å². The van der Waals surface area contributed by atoms with Crippen molar-refractivity contribution in [2.45, 2.75) is 63.5 Å². The van der Waals surface area contributed by atoms with Crippen LogP contribution in [0.4, 0.5) is 0 Å². The molecule has 3 saturated carbocycles. The van der Waals surface area contributed by atoms with Crippen LogP contribution in [-0.4, -0.2) is 17.1 Å². The number of halogens is 1. The summed E-state index contributed by atoms with van der Waals surface area (Å²) >= 11 is 6.41. The Balaban J connectivity index is 1.32. The summed E-state index contributed by atoms with van der Waals surface area (Å²) in [4.78, 5) is 14.6. The summed E-state index contributed by atoms with van der Waals surface area (Å²) in [7, 11) is 0. The van der Waals surface area contributed by atoms with E-state index in [1.807, 2.05) is 12.1 Å². The molecule has 3 aliphatic rings. The highest BCUT2D eigenvalue weighted by Gasteiger charge is 2.54. The topological polar surface area (TPSA) is 68.1 Å². The van der Waals surface area contributed by atoms with Crippen LogP contribution in [0.25, 0.3) is 10.8 Å². The van der Waals surface area contributed by atoms with E-state index in [4.69, 9.17) is 22.1 Å². The maximum Gasteiger partial charge on any atom is 0.255 e. The first-order valence-electron chi connectivity index (χ1n) is 10.3. The van der Waals surface area contributed by atoms with Gasteiger partial charge in [-0.15, -0.1) is 0 Å². The van der Waals surface area contributed by atoms with E-state index in [1.165, 1.54) is 38.5 Å². The maximum absolute atomic E-state index is 11.9.